The van der Waals surface area contributed by atoms with Crippen molar-refractivity contribution in [1.82, 2.24) is 10.6 Å². The number of fused-ring (bicyclic) bond motifs is 1. The quantitative estimate of drug-likeness (QED) is 0.274. The van der Waals surface area contributed by atoms with Gasteiger partial charge in [0.25, 0.3) is 0 Å². The van der Waals surface area contributed by atoms with Gasteiger partial charge in [-0.3, -0.25) is 9.59 Å². The van der Waals surface area contributed by atoms with Crippen LogP contribution in [0.5, 0.6) is 0 Å². The number of hydrogen-bond donors (Lipinski definition) is 3. The monoisotopic (exact) mass is 610 g/mol. The average Bonchev–Trinajstić information content (AvgIpc) is 3.80. The first kappa shape index (κ1) is 25.6. The zero-order valence-corrected chi connectivity index (χ0v) is 22.1. The molecule has 4 aliphatic rings. The van der Waals surface area contributed by atoms with Crippen LogP contribution in [-0.2, 0) is 23.8 Å². The lowest BCUT2D eigenvalue weighted by Crippen LogP contribution is -2.44. The first-order valence-electron chi connectivity index (χ1n) is 12.6. The number of benzene rings is 1. The summed E-state index contributed by atoms with van der Waals surface area (Å²) in [7, 11) is 0. The molecule has 1 aromatic carbocycles. The third-order valence-corrected chi connectivity index (χ3v) is 7.83. The number of nitrogens with one attached hydrogen (secondary N) is 2. The minimum absolute atomic E-state index is 0.0996. The summed E-state index contributed by atoms with van der Waals surface area (Å²) in [4.78, 5) is 37.7. The third-order valence-electron chi connectivity index (χ3n) is 7.11. The second-order valence-electron chi connectivity index (χ2n) is 9.86. The van der Waals surface area contributed by atoms with Crippen LogP contribution in [0.3, 0.4) is 0 Å². The molecule has 1 aliphatic heterocycles. The van der Waals surface area contributed by atoms with Crippen molar-refractivity contribution in [2.24, 2.45) is 11.8 Å². The predicted octanol–water partition coefficient (Wildman–Crippen LogP) is 2.06. The van der Waals surface area contributed by atoms with Gasteiger partial charge in [0.05, 0.1) is 12.2 Å². The number of halogens is 1. The fourth-order valence-corrected chi connectivity index (χ4v) is 5.41. The number of carbonyl (C=O) groups is 3. The van der Waals surface area contributed by atoms with E-state index in [0.29, 0.717) is 23.0 Å². The van der Waals surface area contributed by atoms with E-state index in [1.165, 1.54) is 0 Å². The molecule has 1 aromatic rings. The van der Waals surface area contributed by atoms with Gasteiger partial charge in [-0.25, -0.2) is 4.79 Å². The summed E-state index contributed by atoms with van der Waals surface area (Å²) in [6, 6.07) is 7.13. The molecule has 0 bridgehead atoms. The third kappa shape index (κ3) is 5.61. The highest BCUT2D eigenvalue weighted by atomic mass is 127. The molecule has 3 N–H and O–H groups in total. The molecule has 3 unspecified atom stereocenters. The van der Waals surface area contributed by atoms with Crippen LogP contribution in [0.15, 0.2) is 35.9 Å². The standard InChI is InChI=1S/C26H31IN2O7/c27-19-7-1-15(2-8-19)25(33)34-20-13-16(24(32)29-10-9-22(31)28-11-12-30)14-21-23(20)36-26(35-21,17-3-4-17)18-5-6-18/h1-2,7-8,14,17-18,20-21,23,30H,3-6,9-13H2,(H,28,31)(H,29,32). The highest BCUT2D eigenvalue weighted by molar-refractivity contribution is 14.1. The maximum atomic E-state index is 13.0. The Morgan fingerprint density at radius 2 is 1.72 bits per heavy atom. The molecule has 0 radical (unpaired) electrons. The van der Waals surface area contributed by atoms with Gasteiger partial charge in [0.15, 0.2) is 5.79 Å². The summed E-state index contributed by atoms with van der Waals surface area (Å²) in [6.07, 6.45) is 4.70. The molecule has 9 nitrogen and oxygen atoms in total. The number of aliphatic hydroxyl groups excluding tert-OH is 1. The molecule has 3 atom stereocenters. The van der Waals surface area contributed by atoms with Crippen LogP contribution in [0.1, 0.15) is 48.9 Å². The van der Waals surface area contributed by atoms with E-state index in [-0.39, 0.29) is 44.4 Å². The zero-order valence-electron chi connectivity index (χ0n) is 19.9. The lowest BCUT2D eigenvalue weighted by Gasteiger charge is -2.31. The van der Waals surface area contributed by atoms with Crippen LogP contribution in [-0.4, -0.2) is 66.7 Å². The predicted molar refractivity (Wildman–Crippen MR) is 137 cm³/mol. The van der Waals surface area contributed by atoms with Gasteiger partial charge >= 0.3 is 5.97 Å². The number of hydrogen-bond acceptors (Lipinski definition) is 7. The largest absolute Gasteiger partial charge is 0.456 e. The second-order valence-corrected chi connectivity index (χ2v) is 11.1. The van der Waals surface area contributed by atoms with Crippen LogP contribution in [0.4, 0.5) is 0 Å². The molecule has 0 aromatic heterocycles. The van der Waals surface area contributed by atoms with E-state index in [1.807, 2.05) is 12.1 Å². The van der Waals surface area contributed by atoms with Gasteiger partial charge in [0, 0.05) is 46.9 Å². The fraction of sp³-hybridized carbons (Fsp3) is 0.577. The summed E-state index contributed by atoms with van der Waals surface area (Å²) in [5.74, 6) is -1.01. The van der Waals surface area contributed by atoms with Crippen molar-refractivity contribution in [2.75, 3.05) is 19.7 Å². The molecule has 194 valence electrons. The highest BCUT2D eigenvalue weighted by Gasteiger charge is 2.64. The Morgan fingerprint density at radius 3 is 2.36 bits per heavy atom. The van der Waals surface area contributed by atoms with Gasteiger partial charge in [-0.2, -0.15) is 0 Å². The summed E-state index contributed by atoms with van der Waals surface area (Å²) in [6.45, 7) is 0.191. The normalized spacial score (nSPS) is 26.5. The maximum absolute atomic E-state index is 13.0. The summed E-state index contributed by atoms with van der Waals surface area (Å²) in [5, 5.41) is 14.1. The SMILES string of the molecule is O=C(CCNC(=O)C1=CC2OC(C3CC3)(C3CC3)OC2C(OC(=O)c2ccc(I)cc2)C1)NCCO. The molecule has 2 amide bonds. The van der Waals surface area contributed by atoms with Gasteiger partial charge in [0.2, 0.25) is 11.8 Å². The Bertz CT molecular complexity index is 1020. The maximum Gasteiger partial charge on any atom is 0.338 e. The van der Waals surface area contributed by atoms with Crippen molar-refractivity contribution >= 4 is 40.4 Å². The van der Waals surface area contributed by atoms with E-state index in [2.05, 4.69) is 33.2 Å². The first-order valence-corrected chi connectivity index (χ1v) is 13.7. The van der Waals surface area contributed by atoms with Crippen molar-refractivity contribution < 1.29 is 33.7 Å². The van der Waals surface area contributed by atoms with Gasteiger partial charge in [-0.1, -0.05) is 0 Å². The van der Waals surface area contributed by atoms with E-state index < -0.39 is 30.1 Å². The molecule has 1 heterocycles. The summed E-state index contributed by atoms with van der Waals surface area (Å²) >= 11 is 2.18. The summed E-state index contributed by atoms with van der Waals surface area (Å²) < 4.78 is 20.1. The van der Waals surface area contributed by atoms with Gasteiger partial charge in [-0.15, -0.1) is 0 Å². The van der Waals surface area contributed by atoms with Gasteiger partial charge in [0.1, 0.15) is 18.3 Å². The van der Waals surface area contributed by atoms with Crippen LogP contribution in [0.2, 0.25) is 0 Å². The number of carbonyl (C=O) groups excluding carboxylic acids is 3. The number of rotatable bonds is 10. The first-order chi connectivity index (χ1) is 17.4. The Kier molecular flexibility index (Phi) is 7.66. The zero-order chi connectivity index (χ0) is 25.3. The van der Waals surface area contributed by atoms with Crippen LogP contribution < -0.4 is 10.6 Å². The number of aliphatic hydroxyl groups is 1. The molecular weight excluding hydrogens is 579 g/mol. The second kappa shape index (κ2) is 10.8. The highest BCUT2D eigenvalue weighted by Crippen LogP contribution is 2.59. The average molecular weight is 610 g/mol. The van der Waals surface area contributed by atoms with Gasteiger partial charge < -0.3 is 30.0 Å². The summed E-state index contributed by atoms with van der Waals surface area (Å²) in [5.41, 5.74) is 0.898. The Hall–Kier alpha value is -2.02. The number of ether oxygens (including phenoxy) is 3. The minimum atomic E-state index is -0.667. The lowest BCUT2D eigenvalue weighted by atomic mass is 9.91. The van der Waals surface area contributed by atoms with Crippen molar-refractivity contribution in [1.29, 1.82) is 0 Å². The molecule has 2 saturated carbocycles. The molecular formula is C26H31IN2O7. The Morgan fingerprint density at radius 1 is 1.03 bits per heavy atom. The van der Waals surface area contributed by atoms with E-state index in [9.17, 15) is 14.4 Å². The number of amides is 2. The van der Waals surface area contributed by atoms with Crippen molar-refractivity contribution in [3.63, 3.8) is 0 Å². The van der Waals surface area contributed by atoms with E-state index >= 15 is 0 Å². The molecule has 1 saturated heterocycles. The van der Waals surface area contributed by atoms with E-state index in [1.54, 1.807) is 18.2 Å². The van der Waals surface area contributed by atoms with Crippen LogP contribution >= 0.6 is 22.6 Å². The Balaban J connectivity index is 1.30. The molecule has 3 fully saturated rings. The van der Waals surface area contributed by atoms with Gasteiger partial charge in [-0.05, 0) is 78.6 Å². The fourth-order valence-electron chi connectivity index (χ4n) is 5.05. The molecule has 10 heteroatoms. The van der Waals surface area contributed by atoms with E-state index in [4.69, 9.17) is 19.3 Å². The van der Waals surface area contributed by atoms with Crippen molar-refractivity contribution in [3.8, 4) is 0 Å². The number of esters is 1. The van der Waals surface area contributed by atoms with Crippen molar-refractivity contribution in [3.05, 3.63) is 45.0 Å². The molecule has 0 spiro atoms. The molecule has 36 heavy (non-hydrogen) atoms. The molecule has 5 rings (SSSR count). The van der Waals surface area contributed by atoms with Crippen LogP contribution in [0, 0.1) is 15.4 Å². The van der Waals surface area contributed by atoms with E-state index in [0.717, 1.165) is 29.3 Å². The lowest BCUT2D eigenvalue weighted by molar-refractivity contribution is -0.209. The molecule has 3 aliphatic carbocycles. The minimum Gasteiger partial charge on any atom is -0.456 e. The Labute approximate surface area is 223 Å². The topological polar surface area (TPSA) is 123 Å². The van der Waals surface area contributed by atoms with Crippen molar-refractivity contribution in [2.45, 2.75) is 62.6 Å². The van der Waals surface area contributed by atoms with Crippen LogP contribution in [0.25, 0.3) is 0 Å². The smallest absolute Gasteiger partial charge is 0.338 e.